The second kappa shape index (κ2) is 8.45. The zero-order valence-corrected chi connectivity index (χ0v) is 13.1. The Labute approximate surface area is 126 Å². The number of methoxy groups -OCH3 is 1. The fourth-order valence-electron chi connectivity index (χ4n) is 2.49. The highest BCUT2D eigenvalue weighted by molar-refractivity contribution is 5.96. The third-order valence-corrected chi connectivity index (χ3v) is 3.53. The van der Waals surface area contributed by atoms with Gasteiger partial charge in [-0.15, -0.1) is 0 Å². The Morgan fingerprint density at radius 2 is 1.52 bits per heavy atom. The first-order chi connectivity index (χ1) is 9.95. The van der Waals surface area contributed by atoms with Crippen LogP contribution in [0.2, 0.25) is 0 Å². The van der Waals surface area contributed by atoms with Gasteiger partial charge in [-0.2, -0.15) is 0 Å². The van der Waals surface area contributed by atoms with E-state index in [4.69, 9.17) is 9.84 Å². The molecule has 0 aliphatic heterocycles. The van der Waals surface area contributed by atoms with Gasteiger partial charge in [0.2, 0.25) is 0 Å². The third-order valence-electron chi connectivity index (χ3n) is 3.53. The number of hydrogen-bond acceptors (Lipinski definition) is 3. The SMILES string of the molecule is COc1c(C)cc(C(=O)CCCCCCC(=O)O)cc1C. The summed E-state index contributed by atoms with van der Waals surface area (Å²) in [6.07, 6.45) is 3.98. The number of rotatable bonds is 9. The largest absolute Gasteiger partial charge is 0.496 e. The van der Waals surface area contributed by atoms with E-state index in [1.54, 1.807) is 7.11 Å². The molecule has 4 nitrogen and oxygen atoms in total. The molecule has 0 bridgehead atoms. The van der Waals surface area contributed by atoms with Crippen molar-refractivity contribution in [2.75, 3.05) is 7.11 Å². The minimum Gasteiger partial charge on any atom is -0.496 e. The first-order valence-electron chi connectivity index (χ1n) is 7.36. The van der Waals surface area contributed by atoms with Gasteiger partial charge < -0.3 is 9.84 Å². The highest BCUT2D eigenvalue weighted by Crippen LogP contribution is 2.25. The number of hydrogen-bond donors (Lipinski definition) is 1. The molecule has 0 fully saturated rings. The molecule has 0 unspecified atom stereocenters. The topological polar surface area (TPSA) is 63.6 Å². The van der Waals surface area contributed by atoms with Crippen molar-refractivity contribution in [3.63, 3.8) is 0 Å². The lowest BCUT2D eigenvalue weighted by molar-refractivity contribution is -0.137. The van der Waals surface area contributed by atoms with E-state index >= 15 is 0 Å². The van der Waals surface area contributed by atoms with Crippen molar-refractivity contribution in [1.29, 1.82) is 0 Å². The number of benzene rings is 1. The van der Waals surface area contributed by atoms with Gasteiger partial charge in [-0.1, -0.05) is 12.8 Å². The monoisotopic (exact) mass is 292 g/mol. The molecule has 4 heteroatoms. The summed E-state index contributed by atoms with van der Waals surface area (Å²) in [6, 6.07) is 3.75. The van der Waals surface area contributed by atoms with E-state index in [9.17, 15) is 9.59 Å². The quantitative estimate of drug-likeness (QED) is 0.553. The van der Waals surface area contributed by atoms with E-state index in [0.29, 0.717) is 12.8 Å². The Morgan fingerprint density at radius 1 is 1.00 bits per heavy atom. The molecule has 0 radical (unpaired) electrons. The van der Waals surface area contributed by atoms with Crippen LogP contribution in [0.25, 0.3) is 0 Å². The Kier molecular flexibility index (Phi) is 6.92. The van der Waals surface area contributed by atoms with Crippen molar-refractivity contribution in [2.24, 2.45) is 0 Å². The van der Waals surface area contributed by atoms with Crippen LogP contribution in [0.4, 0.5) is 0 Å². The zero-order chi connectivity index (χ0) is 15.8. The van der Waals surface area contributed by atoms with Crippen LogP contribution in [-0.4, -0.2) is 24.0 Å². The number of carbonyl (C=O) groups excluding carboxylic acids is 1. The maximum Gasteiger partial charge on any atom is 0.303 e. The molecule has 21 heavy (non-hydrogen) atoms. The van der Waals surface area contributed by atoms with Gasteiger partial charge in [-0.05, 0) is 49.9 Å². The normalized spacial score (nSPS) is 10.4. The van der Waals surface area contributed by atoms with Crippen LogP contribution >= 0.6 is 0 Å². The van der Waals surface area contributed by atoms with Crippen molar-refractivity contribution in [1.82, 2.24) is 0 Å². The lowest BCUT2D eigenvalue weighted by Crippen LogP contribution is -2.02. The summed E-state index contributed by atoms with van der Waals surface area (Å²) in [5.41, 5.74) is 2.68. The molecule has 0 aliphatic rings. The lowest BCUT2D eigenvalue weighted by atomic mass is 9.99. The van der Waals surface area contributed by atoms with E-state index in [2.05, 4.69) is 0 Å². The summed E-state index contributed by atoms with van der Waals surface area (Å²) in [6.45, 7) is 3.88. The summed E-state index contributed by atoms with van der Waals surface area (Å²) in [7, 11) is 1.63. The molecule has 1 aromatic rings. The molecule has 0 atom stereocenters. The van der Waals surface area contributed by atoms with Gasteiger partial charge in [0.15, 0.2) is 5.78 Å². The minimum atomic E-state index is -0.754. The predicted molar refractivity (Wildman–Crippen MR) is 82.1 cm³/mol. The highest BCUT2D eigenvalue weighted by Gasteiger charge is 2.11. The lowest BCUT2D eigenvalue weighted by Gasteiger charge is -2.10. The molecule has 0 spiro atoms. The average Bonchev–Trinajstić information content (AvgIpc) is 2.41. The smallest absolute Gasteiger partial charge is 0.303 e. The van der Waals surface area contributed by atoms with Crippen LogP contribution in [0.3, 0.4) is 0 Å². The van der Waals surface area contributed by atoms with Gasteiger partial charge in [0.05, 0.1) is 7.11 Å². The highest BCUT2D eigenvalue weighted by atomic mass is 16.5. The van der Waals surface area contributed by atoms with Crippen molar-refractivity contribution < 1.29 is 19.4 Å². The fourth-order valence-corrected chi connectivity index (χ4v) is 2.49. The van der Waals surface area contributed by atoms with Crippen LogP contribution in [0.1, 0.15) is 60.0 Å². The predicted octanol–water partition coefficient (Wildman–Crippen LogP) is 3.92. The molecular formula is C17H24O4. The Morgan fingerprint density at radius 3 is 2.00 bits per heavy atom. The van der Waals surface area contributed by atoms with Crippen LogP contribution in [0.15, 0.2) is 12.1 Å². The van der Waals surface area contributed by atoms with Crippen LogP contribution in [0, 0.1) is 13.8 Å². The first kappa shape index (κ1) is 17.2. The molecule has 0 heterocycles. The number of ether oxygens (including phenoxy) is 1. The number of ketones is 1. The second-order valence-corrected chi connectivity index (χ2v) is 5.37. The minimum absolute atomic E-state index is 0.141. The Bertz CT molecular complexity index is 483. The van der Waals surface area contributed by atoms with Crippen molar-refractivity contribution in [3.8, 4) is 5.75 Å². The summed E-state index contributed by atoms with van der Waals surface area (Å²) in [5, 5.41) is 8.54. The molecule has 1 rings (SSSR count). The number of unbranched alkanes of at least 4 members (excludes halogenated alkanes) is 3. The van der Waals surface area contributed by atoms with Gasteiger partial charge in [0.25, 0.3) is 0 Å². The van der Waals surface area contributed by atoms with E-state index in [-0.39, 0.29) is 12.2 Å². The van der Waals surface area contributed by atoms with E-state index in [1.165, 1.54) is 0 Å². The van der Waals surface area contributed by atoms with Gasteiger partial charge in [0, 0.05) is 18.4 Å². The molecule has 0 amide bonds. The molecule has 0 saturated carbocycles. The molecule has 1 N–H and O–H groups in total. The van der Waals surface area contributed by atoms with Crippen LogP contribution < -0.4 is 4.74 Å². The number of aliphatic carboxylic acids is 1. The second-order valence-electron chi connectivity index (χ2n) is 5.37. The van der Waals surface area contributed by atoms with E-state index in [0.717, 1.165) is 41.7 Å². The van der Waals surface area contributed by atoms with Gasteiger partial charge in [-0.25, -0.2) is 0 Å². The summed E-state index contributed by atoms with van der Waals surface area (Å²) in [5.74, 6) is 0.220. The van der Waals surface area contributed by atoms with Gasteiger partial charge in [0.1, 0.15) is 5.75 Å². The van der Waals surface area contributed by atoms with E-state index in [1.807, 2.05) is 26.0 Å². The number of Topliss-reactive ketones (excluding diaryl/α,β-unsaturated/α-hetero) is 1. The Hall–Kier alpha value is -1.84. The molecule has 0 aromatic heterocycles. The summed E-state index contributed by atoms with van der Waals surface area (Å²) >= 11 is 0. The summed E-state index contributed by atoms with van der Waals surface area (Å²) < 4.78 is 5.30. The third kappa shape index (κ3) is 5.58. The fraction of sp³-hybridized carbons (Fsp3) is 0.529. The molecule has 0 saturated heterocycles. The Balaban J connectivity index is 2.44. The molecule has 116 valence electrons. The maximum absolute atomic E-state index is 12.2. The van der Waals surface area contributed by atoms with Gasteiger partial charge >= 0.3 is 5.97 Å². The zero-order valence-electron chi connectivity index (χ0n) is 13.1. The number of carbonyl (C=O) groups is 2. The van der Waals surface area contributed by atoms with Crippen molar-refractivity contribution in [2.45, 2.75) is 52.4 Å². The number of carboxylic acid groups (broad SMARTS) is 1. The molecule has 0 aliphatic carbocycles. The summed E-state index contributed by atoms with van der Waals surface area (Å²) in [4.78, 5) is 22.5. The number of carboxylic acids is 1. The number of aryl methyl sites for hydroxylation is 2. The van der Waals surface area contributed by atoms with Gasteiger partial charge in [-0.3, -0.25) is 9.59 Å². The maximum atomic E-state index is 12.2. The standard InChI is InChI=1S/C17H24O4/c1-12-10-14(11-13(2)17(12)21-3)15(18)8-6-4-5-7-9-16(19)20/h10-11H,4-9H2,1-3H3,(H,19,20). The van der Waals surface area contributed by atoms with Crippen molar-refractivity contribution in [3.05, 3.63) is 28.8 Å². The molecular weight excluding hydrogens is 268 g/mol. The molecule has 1 aromatic carbocycles. The average molecular weight is 292 g/mol. The van der Waals surface area contributed by atoms with Crippen LogP contribution in [0.5, 0.6) is 5.75 Å². The van der Waals surface area contributed by atoms with E-state index < -0.39 is 5.97 Å². The van der Waals surface area contributed by atoms with Crippen molar-refractivity contribution >= 4 is 11.8 Å². The van der Waals surface area contributed by atoms with Crippen LogP contribution in [-0.2, 0) is 4.79 Å². The first-order valence-corrected chi connectivity index (χ1v) is 7.36.